The summed E-state index contributed by atoms with van der Waals surface area (Å²) in [4.78, 5) is 22.3. The highest BCUT2D eigenvalue weighted by molar-refractivity contribution is 7.99. The van der Waals surface area contributed by atoms with Gasteiger partial charge in [0.2, 0.25) is 5.91 Å². The van der Waals surface area contributed by atoms with E-state index in [-0.39, 0.29) is 17.8 Å². The molecule has 1 unspecified atom stereocenters. The Morgan fingerprint density at radius 1 is 0.970 bits per heavy atom. The maximum absolute atomic E-state index is 12.6. The summed E-state index contributed by atoms with van der Waals surface area (Å²) in [5.41, 5.74) is 3.57. The molecule has 0 radical (unpaired) electrons. The number of thioether (sulfide) groups is 1. The Labute approximate surface area is 193 Å². The molecule has 164 valence electrons. The monoisotopic (exact) mass is 456 g/mol. The maximum atomic E-state index is 12.6. The van der Waals surface area contributed by atoms with Crippen molar-refractivity contribution in [2.75, 3.05) is 18.9 Å². The zero-order valence-corrected chi connectivity index (χ0v) is 18.4. The van der Waals surface area contributed by atoms with Gasteiger partial charge >= 0.3 is 0 Å². The summed E-state index contributed by atoms with van der Waals surface area (Å²) in [6.45, 7) is 0.778. The van der Waals surface area contributed by atoms with E-state index in [1.54, 1.807) is 0 Å². The minimum Gasteiger partial charge on any atom is -0.486 e. The van der Waals surface area contributed by atoms with Crippen LogP contribution in [0, 0.1) is 0 Å². The van der Waals surface area contributed by atoms with Gasteiger partial charge in [-0.2, -0.15) is 0 Å². The highest BCUT2D eigenvalue weighted by Gasteiger charge is 2.21. The van der Waals surface area contributed by atoms with E-state index in [0.29, 0.717) is 18.9 Å². The fourth-order valence-corrected chi connectivity index (χ4v) is 4.82. The molecular weight excluding hydrogens is 436 g/mol. The van der Waals surface area contributed by atoms with E-state index in [2.05, 4.69) is 5.32 Å². The number of hydrogen-bond donors (Lipinski definition) is 1. The third kappa shape index (κ3) is 3.72. The Morgan fingerprint density at radius 2 is 1.73 bits per heavy atom. The summed E-state index contributed by atoms with van der Waals surface area (Å²) in [6, 6.07) is 23.4. The van der Waals surface area contributed by atoms with E-state index in [4.69, 9.17) is 19.4 Å². The quantitative estimate of drug-likeness (QED) is 0.317. The number of nitrogens with zero attached hydrogens (tertiary/aromatic N) is 3. The molecule has 6 rings (SSSR count). The van der Waals surface area contributed by atoms with E-state index in [9.17, 15) is 4.79 Å². The molecule has 1 aliphatic rings. The third-order valence-electron chi connectivity index (χ3n) is 5.54. The van der Waals surface area contributed by atoms with Gasteiger partial charge in [0.05, 0.1) is 28.8 Å². The van der Waals surface area contributed by atoms with Crippen LogP contribution in [0.15, 0.2) is 78.0 Å². The fraction of sp³-hybridized carbons (Fsp3) is 0.160. The number of hydrogen-bond acceptors (Lipinski definition) is 6. The van der Waals surface area contributed by atoms with Crippen LogP contribution in [0.25, 0.3) is 27.6 Å². The topological polar surface area (TPSA) is 77.8 Å². The number of carbonyl (C=O) groups is 1. The molecule has 3 aromatic carbocycles. The Bertz CT molecular complexity index is 1500. The first-order valence-corrected chi connectivity index (χ1v) is 11.7. The smallest absolute Gasteiger partial charge is 0.230 e. The Morgan fingerprint density at radius 3 is 2.64 bits per heavy atom. The second-order valence-electron chi connectivity index (χ2n) is 7.76. The number of para-hydroxylation sites is 5. The SMILES string of the molecule is O=C(CSc1nc2ccccc2c2nc3ccccc3n12)NCC1COc2ccccc2O1. The molecule has 0 bridgehead atoms. The summed E-state index contributed by atoms with van der Waals surface area (Å²) in [5, 5.41) is 4.67. The van der Waals surface area contributed by atoms with Gasteiger partial charge in [0.25, 0.3) is 0 Å². The van der Waals surface area contributed by atoms with Crippen LogP contribution < -0.4 is 14.8 Å². The Hall–Kier alpha value is -3.78. The first-order chi connectivity index (χ1) is 16.3. The number of benzene rings is 3. The lowest BCUT2D eigenvalue weighted by Gasteiger charge is -2.26. The van der Waals surface area contributed by atoms with Crippen molar-refractivity contribution in [3.05, 3.63) is 72.8 Å². The van der Waals surface area contributed by atoms with Crippen LogP contribution in [-0.2, 0) is 4.79 Å². The summed E-state index contributed by atoms with van der Waals surface area (Å²) in [6.07, 6.45) is -0.225. The van der Waals surface area contributed by atoms with Gasteiger partial charge in [-0.3, -0.25) is 9.20 Å². The van der Waals surface area contributed by atoms with Gasteiger partial charge in [-0.15, -0.1) is 0 Å². The largest absolute Gasteiger partial charge is 0.486 e. The van der Waals surface area contributed by atoms with E-state index in [1.807, 2.05) is 77.2 Å². The van der Waals surface area contributed by atoms with Crippen molar-refractivity contribution in [1.29, 1.82) is 0 Å². The molecule has 0 aliphatic carbocycles. The van der Waals surface area contributed by atoms with E-state index in [0.717, 1.165) is 38.5 Å². The maximum Gasteiger partial charge on any atom is 0.230 e. The Kier molecular flexibility index (Phi) is 4.99. The molecule has 7 nitrogen and oxygen atoms in total. The van der Waals surface area contributed by atoms with Gasteiger partial charge in [0.15, 0.2) is 16.7 Å². The molecule has 0 fully saturated rings. The first kappa shape index (κ1) is 19.9. The van der Waals surface area contributed by atoms with Crippen molar-refractivity contribution in [2.45, 2.75) is 11.3 Å². The second kappa shape index (κ2) is 8.29. The van der Waals surface area contributed by atoms with Crippen LogP contribution in [0.2, 0.25) is 0 Å². The average Bonchev–Trinajstić information content (AvgIpc) is 3.26. The lowest BCUT2D eigenvalue weighted by atomic mass is 10.2. The van der Waals surface area contributed by atoms with Crippen LogP contribution in [0.5, 0.6) is 11.5 Å². The van der Waals surface area contributed by atoms with E-state index in [1.165, 1.54) is 11.8 Å². The van der Waals surface area contributed by atoms with Crippen molar-refractivity contribution in [3.63, 3.8) is 0 Å². The number of imidazole rings is 1. The van der Waals surface area contributed by atoms with Crippen molar-refractivity contribution >= 4 is 45.3 Å². The van der Waals surface area contributed by atoms with Crippen molar-refractivity contribution in [3.8, 4) is 11.5 Å². The number of amides is 1. The molecule has 0 saturated heterocycles. The lowest BCUT2D eigenvalue weighted by Crippen LogP contribution is -2.41. The lowest BCUT2D eigenvalue weighted by molar-refractivity contribution is -0.119. The summed E-state index contributed by atoms with van der Waals surface area (Å²) >= 11 is 1.40. The number of ether oxygens (including phenoxy) is 2. The zero-order chi connectivity index (χ0) is 22.2. The van der Waals surface area contributed by atoms with Crippen LogP contribution >= 0.6 is 11.8 Å². The van der Waals surface area contributed by atoms with Crippen LogP contribution in [0.1, 0.15) is 0 Å². The molecule has 5 aromatic rings. The predicted octanol–water partition coefficient (Wildman–Crippen LogP) is 4.08. The van der Waals surface area contributed by atoms with Gasteiger partial charge in [0, 0.05) is 5.39 Å². The van der Waals surface area contributed by atoms with Crippen molar-refractivity contribution in [2.24, 2.45) is 0 Å². The number of aromatic nitrogens is 3. The normalized spacial score (nSPS) is 15.2. The van der Waals surface area contributed by atoms with Crippen LogP contribution in [0.4, 0.5) is 0 Å². The Balaban J connectivity index is 1.20. The minimum absolute atomic E-state index is 0.0880. The number of rotatable bonds is 5. The van der Waals surface area contributed by atoms with Crippen molar-refractivity contribution in [1.82, 2.24) is 19.7 Å². The van der Waals surface area contributed by atoms with Crippen LogP contribution in [0.3, 0.4) is 0 Å². The highest BCUT2D eigenvalue weighted by Crippen LogP contribution is 2.31. The zero-order valence-electron chi connectivity index (χ0n) is 17.6. The molecule has 2 aromatic heterocycles. The summed E-state index contributed by atoms with van der Waals surface area (Å²) in [7, 11) is 0. The molecule has 1 N–H and O–H groups in total. The van der Waals surface area contributed by atoms with Gasteiger partial charge in [-0.25, -0.2) is 9.97 Å². The van der Waals surface area contributed by atoms with Gasteiger partial charge < -0.3 is 14.8 Å². The molecule has 0 saturated carbocycles. The molecular formula is C25H20N4O3S. The predicted molar refractivity (Wildman–Crippen MR) is 128 cm³/mol. The number of fused-ring (bicyclic) bond motifs is 6. The molecule has 33 heavy (non-hydrogen) atoms. The summed E-state index contributed by atoms with van der Waals surface area (Å²) < 4.78 is 13.7. The number of carbonyl (C=O) groups excluding carboxylic acids is 1. The standard InChI is InChI=1S/C25H20N4O3S/c30-23(26-13-16-14-31-21-11-5-6-12-22(21)32-16)15-33-25-28-18-8-2-1-7-17(18)24-27-19-9-3-4-10-20(19)29(24)25/h1-12,16H,13-15H2,(H,26,30). The average molecular weight is 457 g/mol. The van der Waals surface area contributed by atoms with E-state index < -0.39 is 0 Å². The highest BCUT2D eigenvalue weighted by atomic mass is 32.2. The summed E-state index contributed by atoms with van der Waals surface area (Å²) in [5.74, 6) is 1.58. The van der Waals surface area contributed by atoms with Gasteiger partial charge in [-0.05, 0) is 36.4 Å². The molecule has 0 spiro atoms. The third-order valence-corrected chi connectivity index (χ3v) is 6.48. The molecule has 1 amide bonds. The van der Waals surface area contributed by atoms with Crippen LogP contribution in [-0.4, -0.2) is 45.3 Å². The number of nitrogens with one attached hydrogen (secondary N) is 1. The van der Waals surface area contributed by atoms with Gasteiger partial charge in [0.1, 0.15) is 18.4 Å². The second-order valence-corrected chi connectivity index (χ2v) is 8.70. The molecule has 8 heteroatoms. The fourth-order valence-electron chi connectivity index (χ4n) is 3.98. The molecule has 3 heterocycles. The molecule has 1 aliphatic heterocycles. The minimum atomic E-state index is -0.225. The van der Waals surface area contributed by atoms with E-state index >= 15 is 0 Å². The first-order valence-electron chi connectivity index (χ1n) is 10.7. The van der Waals surface area contributed by atoms with Crippen molar-refractivity contribution < 1.29 is 14.3 Å². The van der Waals surface area contributed by atoms with Gasteiger partial charge in [-0.1, -0.05) is 48.2 Å². The molecule has 1 atom stereocenters.